The predicted molar refractivity (Wildman–Crippen MR) is 79.9 cm³/mol. The number of hydrogen-bond donors (Lipinski definition) is 0. The number of nitrogens with zero attached hydrogens (tertiary/aromatic N) is 1. The minimum atomic E-state index is -0.245. The summed E-state index contributed by atoms with van der Waals surface area (Å²) in [5, 5.41) is 0. The summed E-state index contributed by atoms with van der Waals surface area (Å²) < 4.78 is 7.12. The Bertz CT molecular complexity index is 558. The molecule has 3 heteroatoms. The predicted octanol–water partition coefficient (Wildman–Crippen LogP) is 3.67. The average Bonchev–Trinajstić information content (AvgIpc) is 2.83. The Kier molecular flexibility index (Phi) is 4.99. The fraction of sp³-hybridized carbons (Fsp3) is 0.353. The lowest BCUT2D eigenvalue weighted by atomic mass is 10.2. The van der Waals surface area contributed by atoms with E-state index in [2.05, 4.69) is 25.3 Å². The highest BCUT2D eigenvalue weighted by atomic mass is 16.5. The zero-order valence-electron chi connectivity index (χ0n) is 12.1. The van der Waals surface area contributed by atoms with Gasteiger partial charge in [-0.25, -0.2) is 4.79 Å². The highest BCUT2D eigenvalue weighted by molar-refractivity contribution is 5.88. The van der Waals surface area contributed by atoms with E-state index in [1.54, 1.807) is 0 Å². The van der Waals surface area contributed by atoms with Gasteiger partial charge in [0.15, 0.2) is 0 Å². The summed E-state index contributed by atoms with van der Waals surface area (Å²) in [5.74, 6) is -0.245. The fourth-order valence-electron chi connectivity index (χ4n) is 2.28. The van der Waals surface area contributed by atoms with Gasteiger partial charge >= 0.3 is 5.97 Å². The number of aryl methyl sites for hydroxylation is 1. The maximum atomic E-state index is 12.0. The Balaban J connectivity index is 2.27. The third-order valence-corrected chi connectivity index (χ3v) is 3.17. The van der Waals surface area contributed by atoms with Crippen LogP contribution in [0.4, 0.5) is 0 Å². The number of hydrogen-bond acceptors (Lipinski definition) is 2. The standard InChI is InChI=1S/C17H21NO2/c1-3-8-15-11-16(17(19)20-4-2)18(13-15)12-14-9-6-5-7-10-14/h5-7,9-11,13H,3-4,8,12H2,1-2H3. The summed E-state index contributed by atoms with van der Waals surface area (Å²) in [7, 11) is 0. The zero-order chi connectivity index (χ0) is 14.4. The lowest BCUT2D eigenvalue weighted by molar-refractivity contribution is 0.0514. The molecule has 106 valence electrons. The third kappa shape index (κ3) is 3.50. The Hall–Kier alpha value is -2.03. The van der Waals surface area contributed by atoms with Crippen LogP contribution >= 0.6 is 0 Å². The summed E-state index contributed by atoms with van der Waals surface area (Å²) in [6.07, 6.45) is 4.11. The first-order valence-electron chi connectivity index (χ1n) is 7.14. The number of aromatic nitrogens is 1. The van der Waals surface area contributed by atoms with Crippen LogP contribution in [0.2, 0.25) is 0 Å². The van der Waals surface area contributed by atoms with Gasteiger partial charge in [0.25, 0.3) is 0 Å². The molecular formula is C17H21NO2. The van der Waals surface area contributed by atoms with E-state index >= 15 is 0 Å². The van der Waals surface area contributed by atoms with Crippen molar-refractivity contribution in [2.45, 2.75) is 33.2 Å². The third-order valence-electron chi connectivity index (χ3n) is 3.17. The molecule has 0 spiro atoms. The Morgan fingerprint density at radius 3 is 2.55 bits per heavy atom. The number of carbonyl (C=O) groups excluding carboxylic acids is 1. The number of benzene rings is 1. The van der Waals surface area contributed by atoms with Crippen molar-refractivity contribution in [2.75, 3.05) is 6.61 Å². The second kappa shape index (κ2) is 6.94. The van der Waals surface area contributed by atoms with Crippen molar-refractivity contribution >= 4 is 5.97 Å². The Morgan fingerprint density at radius 2 is 1.90 bits per heavy atom. The molecule has 2 aromatic rings. The van der Waals surface area contributed by atoms with Crippen molar-refractivity contribution in [3.63, 3.8) is 0 Å². The highest BCUT2D eigenvalue weighted by Gasteiger charge is 2.14. The van der Waals surface area contributed by atoms with Crippen LogP contribution in [0.15, 0.2) is 42.6 Å². The molecule has 1 heterocycles. The Labute approximate surface area is 120 Å². The molecule has 0 fully saturated rings. The molecule has 0 aliphatic carbocycles. The number of esters is 1. The van der Waals surface area contributed by atoms with Crippen LogP contribution in [0.1, 0.15) is 41.9 Å². The van der Waals surface area contributed by atoms with Crippen molar-refractivity contribution in [3.8, 4) is 0 Å². The normalized spacial score (nSPS) is 10.5. The highest BCUT2D eigenvalue weighted by Crippen LogP contribution is 2.15. The number of ether oxygens (including phenoxy) is 1. The maximum absolute atomic E-state index is 12.0. The van der Waals surface area contributed by atoms with E-state index in [0.29, 0.717) is 18.8 Å². The van der Waals surface area contributed by atoms with Crippen molar-refractivity contribution in [1.29, 1.82) is 0 Å². The van der Waals surface area contributed by atoms with Crippen LogP contribution in [0, 0.1) is 0 Å². The van der Waals surface area contributed by atoms with Crippen LogP contribution in [0.25, 0.3) is 0 Å². The molecule has 0 unspecified atom stereocenters. The molecule has 0 atom stereocenters. The number of carbonyl (C=O) groups is 1. The van der Waals surface area contributed by atoms with Crippen molar-refractivity contribution in [2.24, 2.45) is 0 Å². The van der Waals surface area contributed by atoms with Gasteiger partial charge in [0.1, 0.15) is 5.69 Å². The number of rotatable bonds is 6. The van der Waals surface area contributed by atoms with Gasteiger partial charge in [-0.05, 0) is 30.5 Å². The molecular weight excluding hydrogens is 250 g/mol. The van der Waals surface area contributed by atoms with E-state index in [9.17, 15) is 4.79 Å². The maximum Gasteiger partial charge on any atom is 0.354 e. The van der Waals surface area contributed by atoms with Gasteiger partial charge in [0, 0.05) is 12.7 Å². The molecule has 0 N–H and O–H groups in total. The molecule has 0 aliphatic heterocycles. The minimum Gasteiger partial charge on any atom is -0.461 e. The van der Waals surface area contributed by atoms with Gasteiger partial charge in [0.05, 0.1) is 6.61 Å². The average molecular weight is 271 g/mol. The zero-order valence-corrected chi connectivity index (χ0v) is 12.1. The monoisotopic (exact) mass is 271 g/mol. The minimum absolute atomic E-state index is 0.245. The quantitative estimate of drug-likeness (QED) is 0.751. The van der Waals surface area contributed by atoms with Gasteiger partial charge in [0.2, 0.25) is 0 Å². The summed E-state index contributed by atoms with van der Waals surface area (Å²) in [4.78, 5) is 12.0. The van der Waals surface area contributed by atoms with Gasteiger partial charge in [-0.2, -0.15) is 0 Å². The Morgan fingerprint density at radius 1 is 1.15 bits per heavy atom. The van der Waals surface area contributed by atoms with E-state index in [-0.39, 0.29) is 5.97 Å². The SMILES string of the molecule is CCCc1cc(C(=O)OCC)n(Cc2ccccc2)c1. The van der Waals surface area contributed by atoms with E-state index in [0.717, 1.165) is 12.8 Å². The summed E-state index contributed by atoms with van der Waals surface area (Å²) in [6, 6.07) is 12.1. The summed E-state index contributed by atoms with van der Waals surface area (Å²) in [6.45, 7) is 5.06. The van der Waals surface area contributed by atoms with Gasteiger partial charge in [-0.1, -0.05) is 43.7 Å². The fourth-order valence-corrected chi connectivity index (χ4v) is 2.28. The molecule has 1 aromatic carbocycles. The first kappa shape index (κ1) is 14.4. The summed E-state index contributed by atoms with van der Waals surface area (Å²) in [5.41, 5.74) is 3.00. The van der Waals surface area contributed by atoms with Crippen LogP contribution in [-0.4, -0.2) is 17.1 Å². The molecule has 2 rings (SSSR count). The molecule has 3 nitrogen and oxygen atoms in total. The molecule has 0 amide bonds. The van der Waals surface area contributed by atoms with Crippen molar-refractivity contribution < 1.29 is 9.53 Å². The van der Waals surface area contributed by atoms with Crippen LogP contribution in [-0.2, 0) is 17.7 Å². The molecule has 0 radical (unpaired) electrons. The smallest absolute Gasteiger partial charge is 0.354 e. The molecule has 20 heavy (non-hydrogen) atoms. The van der Waals surface area contributed by atoms with Gasteiger partial charge in [-0.3, -0.25) is 0 Å². The second-order valence-corrected chi connectivity index (χ2v) is 4.82. The van der Waals surface area contributed by atoms with Crippen LogP contribution in [0.3, 0.4) is 0 Å². The van der Waals surface area contributed by atoms with E-state index in [1.165, 1.54) is 11.1 Å². The lowest BCUT2D eigenvalue weighted by Gasteiger charge is -2.08. The first-order chi connectivity index (χ1) is 9.74. The molecule has 0 saturated heterocycles. The van der Waals surface area contributed by atoms with E-state index in [4.69, 9.17) is 4.74 Å². The van der Waals surface area contributed by atoms with E-state index in [1.807, 2.05) is 35.8 Å². The first-order valence-corrected chi connectivity index (χ1v) is 7.14. The molecule has 0 bridgehead atoms. The van der Waals surface area contributed by atoms with Crippen LogP contribution in [0.5, 0.6) is 0 Å². The molecule has 0 saturated carbocycles. The van der Waals surface area contributed by atoms with Crippen molar-refractivity contribution in [3.05, 3.63) is 59.4 Å². The molecule has 0 aliphatic rings. The largest absolute Gasteiger partial charge is 0.461 e. The van der Waals surface area contributed by atoms with Crippen molar-refractivity contribution in [1.82, 2.24) is 4.57 Å². The summed E-state index contributed by atoms with van der Waals surface area (Å²) >= 11 is 0. The van der Waals surface area contributed by atoms with E-state index < -0.39 is 0 Å². The lowest BCUT2D eigenvalue weighted by Crippen LogP contribution is -2.12. The van der Waals surface area contributed by atoms with Gasteiger partial charge < -0.3 is 9.30 Å². The topological polar surface area (TPSA) is 31.2 Å². The van der Waals surface area contributed by atoms with Crippen LogP contribution < -0.4 is 0 Å². The molecule has 1 aromatic heterocycles. The van der Waals surface area contributed by atoms with Gasteiger partial charge in [-0.15, -0.1) is 0 Å². The second-order valence-electron chi connectivity index (χ2n) is 4.82.